The summed E-state index contributed by atoms with van der Waals surface area (Å²) >= 11 is 0. The number of amides is 3. The van der Waals surface area contributed by atoms with Crippen molar-refractivity contribution >= 4 is 22.8 Å². The van der Waals surface area contributed by atoms with Gasteiger partial charge in [-0.1, -0.05) is 19.1 Å². The van der Waals surface area contributed by atoms with Gasteiger partial charge >= 0.3 is 6.03 Å². The first-order valence-electron chi connectivity index (χ1n) is 12.7. The van der Waals surface area contributed by atoms with E-state index >= 15 is 0 Å². The second-order valence-corrected chi connectivity index (χ2v) is 10.0. The molecule has 0 saturated carbocycles. The second kappa shape index (κ2) is 9.72. The number of nitrogens with zero attached hydrogens (tertiary/aromatic N) is 3. The number of hydrogen-bond donors (Lipinski definition) is 2. The predicted molar refractivity (Wildman–Crippen MR) is 140 cm³/mol. The fourth-order valence-corrected chi connectivity index (χ4v) is 5.65. The monoisotopic (exact) mass is 506 g/mol. The number of phenolic OH excluding ortho intramolecular Hbond substituents is 1. The molecule has 3 amide bonds. The molecule has 2 aliphatic rings. The van der Waals surface area contributed by atoms with Crippen LogP contribution in [0.2, 0.25) is 0 Å². The maximum Gasteiger partial charge on any atom is 0.328 e. The number of carbonyl (C=O) groups excluding carboxylic acids is 2. The summed E-state index contributed by atoms with van der Waals surface area (Å²) in [5.74, 6) is 0.660. The molecule has 1 aromatic heterocycles. The van der Waals surface area contributed by atoms with Crippen molar-refractivity contribution in [2.75, 3.05) is 47.5 Å². The van der Waals surface area contributed by atoms with Gasteiger partial charge in [0.05, 0.1) is 6.61 Å². The molecule has 2 unspecified atom stereocenters. The molecule has 0 radical (unpaired) electrons. The van der Waals surface area contributed by atoms with Crippen LogP contribution in [0.1, 0.15) is 36.2 Å². The van der Waals surface area contributed by atoms with Gasteiger partial charge in [-0.3, -0.25) is 14.6 Å². The summed E-state index contributed by atoms with van der Waals surface area (Å²) in [6.07, 6.45) is 0.875. The smallest absolute Gasteiger partial charge is 0.328 e. The van der Waals surface area contributed by atoms with E-state index in [2.05, 4.69) is 4.98 Å². The minimum atomic E-state index is -1.02. The standard InChI is InChI=1S/C28H34N4O5/c1-5-28-17-22-21-16-20(37-14-13-36-4)9-10-23(21)29-24(22)25(18-7-6-8-19(33)15-18)32(28)27(35)31(26(28)34)12-11-30(2)3/h6-10,15-16,25,29,33H,5,11-14,17H2,1-4H3. The summed E-state index contributed by atoms with van der Waals surface area (Å²) in [5, 5.41) is 11.3. The maximum absolute atomic E-state index is 14.0. The van der Waals surface area contributed by atoms with Crippen LogP contribution in [0.5, 0.6) is 11.5 Å². The maximum atomic E-state index is 14.0. The van der Waals surface area contributed by atoms with E-state index in [1.807, 2.05) is 50.2 Å². The lowest BCUT2D eigenvalue weighted by Crippen LogP contribution is -2.55. The Morgan fingerprint density at radius 1 is 1.16 bits per heavy atom. The molecule has 196 valence electrons. The Hall–Kier alpha value is -3.56. The highest BCUT2D eigenvalue weighted by molar-refractivity contribution is 6.08. The van der Waals surface area contributed by atoms with Crippen molar-refractivity contribution in [2.24, 2.45) is 0 Å². The highest BCUT2D eigenvalue weighted by Gasteiger charge is 2.61. The minimum Gasteiger partial charge on any atom is -0.508 e. The number of aromatic nitrogens is 1. The number of imide groups is 1. The van der Waals surface area contributed by atoms with Crippen LogP contribution >= 0.6 is 0 Å². The lowest BCUT2D eigenvalue weighted by Gasteiger charge is -2.44. The van der Waals surface area contributed by atoms with Gasteiger partial charge in [0.2, 0.25) is 0 Å². The number of H-pyrrole nitrogens is 1. The number of phenols is 1. The molecule has 37 heavy (non-hydrogen) atoms. The Bertz CT molecular complexity index is 1340. The minimum absolute atomic E-state index is 0.110. The third-order valence-corrected chi connectivity index (χ3v) is 7.55. The van der Waals surface area contributed by atoms with Crippen molar-refractivity contribution in [3.63, 3.8) is 0 Å². The van der Waals surface area contributed by atoms with Gasteiger partial charge in [-0.15, -0.1) is 0 Å². The number of hydrogen-bond acceptors (Lipinski definition) is 6. The highest BCUT2D eigenvalue weighted by atomic mass is 16.5. The molecule has 1 fully saturated rings. The molecule has 0 bridgehead atoms. The van der Waals surface area contributed by atoms with Gasteiger partial charge in [0, 0.05) is 43.2 Å². The van der Waals surface area contributed by atoms with Crippen LogP contribution in [0, 0.1) is 0 Å². The molecular weight excluding hydrogens is 472 g/mol. The van der Waals surface area contributed by atoms with Gasteiger partial charge in [-0.2, -0.15) is 0 Å². The van der Waals surface area contributed by atoms with Crippen LogP contribution in [-0.2, 0) is 16.0 Å². The molecule has 3 aromatic rings. The van der Waals surface area contributed by atoms with Crippen molar-refractivity contribution in [1.29, 1.82) is 0 Å². The molecule has 2 aliphatic heterocycles. The lowest BCUT2D eigenvalue weighted by atomic mass is 9.78. The first kappa shape index (κ1) is 25.1. The Morgan fingerprint density at radius 2 is 1.97 bits per heavy atom. The molecule has 2 N–H and O–H groups in total. The molecule has 9 nitrogen and oxygen atoms in total. The largest absolute Gasteiger partial charge is 0.508 e. The number of carbonyl (C=O) groups is 2. The van der Waals surface area contributed by atoms with Crippen LogP contribution < -0.4 is 4.74 Å². The Kier molecular flexibility index (Phi) is 6.59. The SMILES string of the molecule is CCC12Cc3c([nH]c4ccc(OCCOC)cc34)C(c3cccc(O)c3)N1C(=O)N(CCN(C)C)C2=O. The fourth-order valence-electron chi connectivity index (χ4n) is 5.65. The topological polar surface area (TPSA) is 98.3 Å². The number of benzene rings is 2. The summed E-state index contributed by atoms with van der Waals surface area (Å²) in [4.78, 5) is 36.6. The van der Waals surface area contributed by atoms with Crippen molar-refractivity contribution < 1.29 is 24.2 Å². The Labute approximate surface area is 216 Å². The summed E-state index contributed by atoms with van der Waals surface area (Å²) < 4.78 is 11.0. The second-order valence-electron chi connectivity index (χ2n) is 10.0. The summed E-state index contributed by atoms with van der Waals surface area (Å²) in [7, 11) is 5.48. The number of aromatic amines is 1. The zero-order chi connectivity index (χ0) is 26.3. The third-order valence-electron chi connectivity index (χ3n) is 7.55. The van der Waals surface area contributed by atoms with Gasteiger partial charge in [0.15, 0.2) is 0 Å². The number of aromatic hydroxyl groups is 1. The molecule has 5 rings (SSSR count). The molecule has 0 spiro atoms. The molecular formula is C28H34N4O5. The van der Waals surface area contributed by atoms with Gasteiger partial charge in [0.25, 0.3) is 5.91 Å². The van der Waals surface area contributed by atoms with Crippen LogP contribution in [0.3, 0.4) is 0 Å². The summed E-state index contributed by atoms with van der Waals surface area (Å²) in [5.41, 5.74) is 2.49. The van der Waals surface area contributed by atoms with E-state index in [-0.39, 0.29) is 17.7 Å². The van der Waals surface area contributed by atoms with Crippen molar-refractivity contribution in [3.05, 3.63) is 59.3 Å². The predicted octanol–water partition coefficient (Wildman–Crippen LogP) is 3.52. The highest BCUT2D eigenvalue weighted by Crippen LogP contribution is 2.50. The van der Waals surface area contributed by atoms with E-state index in [9.17, 15) is 14.7 Å². The first-order valence-corrected chi connectivity index (χ1v) is 12.7. The van der Waals surface area contributed by atoms with Crippen LogP contribution in [-0.4, -0.2) is 89.8 Å². The zero-order valence-electron chi connectivity index (χ0n) is 21.8. The normalized spacial score (nSPS) is 21.2. The number of fused-ring (bicyclic) bond motifs is 4. The first-order chi connectivity index (χ1) is 17.8. The van der Waals surface area contributed by atoms with E-state index in [1.54, 1.807) is 30.2 Å². The van der Waals surface area contributed by atoms with Gasteiger partial charge in [-0.25, -0.2) is 4.79 Å². The van der Waals surface area contributed by atoms with Crippen LogP contribution in [0.15, 0.2) is 42.5 Å². The van der Waals surface area contributed by atoms with E-state index in [1.165, 1.54) is 4.90 Å². The van der Waals surface area contributed by atoms with Crippen LogP contribution in [0.4, 0.5) is 4.79 Å². The van der Waals surface area contributed by atoms with E-state index < -0.39 is 11.6 Å². The van der Waals surface area contributed by atoms with Crippen molar-refractivity contribution in [1.82, 2.24) is 19.7 Å². The Morgan fingerprint density at radius 3 is 2.68 bits per heavy atom. The van der Waals surface area contributed by atoms with Gasteiger partial charge in [0.1, 0.15) is 29.7 Å². The Balaban J connectivity index is 1.67. The number of nitrogens with one attached hydrogen (secondary N) is 1. The molecule has 9 heteroatoms. The third kappa shape index (κ3) is 4.12. The number of urea groups is 1. The average molecular weight is 507 g/mol. The molecule has 2 atom stereocenters. The molecule has 1 saturated heterocycles. The quantitative estimate of drug-likeness (QED) is 0.340. The number of ether oxygens (including phenoxy) is 2. The van der Waals surface area contributed by atoms with E-state index in [0.29, 0.717) is 39.1 Å². The number of rotatable bonds is 9. The lowest BCUT2D eigenvalue weighted by molar-refractivity contribution is -0.134. The summed E-state index contributed by atoms with van der Waals surface area (Å²) in [6.45, 7) is 3.78. The van der Waals surface area contributed by atoms with Crippen molar-refractivity contribution in [3.8, 4) is 11.5 Å². The summed E-state index contributed by atoms with van der Waals surface area (Å²) in [6, 6.07) is 11.9. The zero-order valence-corrected chi connectivity index (χ0v) is 21.8. The van der Waals surface area contributed by atoms with Gasteiger partial charge < -0.3 is 24.5 Å². The molecule has 0 aliphatic carbocycles. The van der Waals surface area contributed by atoms with Gasteiger partial charge in [-0.05, 0) is 62.0 Å². The van der Waals surface area contributed by atoms with E-state index in [0.717, 1.165) is 33.5 Å². The number of likely N-dealkylation sites (N-methyl/N-ethyl adjacent to an activating group) is 1. The molecule has 2 aromatic carbocycles. The van der Waals surface area contributed by atoms with E-state index in [4.69, 9.17) is 9.47 Å². The van der Waals surface area contributed by atoms with Crippen molar-refractivity contribution in [2.45, 2.75) is 31.3 Å². The fraction of sp³-hybridized carbons (Fsp3) is 0.429. The molecule has 3 heterocycles. The average Bonchev–Trinajstić information content (AvgIpc) is 3.33. The van der Waals surface area contributed by atoms with Crippen LogP contribution in [0.25, 0.3) is 10.9 Å². The number of methoxy groups -OCH3 is 1.